The highest BCUT2D eigenvalue weighted by molar-refractivity contribution is 9.10. The van der Waals surface area contributed by atoms with Gasteiger partial charge in [0.05, 0.1) is 0 Å². The van der Waals surface area contributed by atoms with Gasteiger partial charge in [-0.2, -0.15) is 0 Å². The Labute approximate surface area is 120 Å². The van der Waals surface area contributed by atoms with E-state index in [-0.39, 0.29) is 0 Å². The van der Waals surface area contributed by atoms with Crippen molar-refractivity contribution >= 4 is 27.7 Å². The Morgan fingerprint density at radius 2 is 2.17 bits per heavy atom. The van der Waals surface area contributed by atoms with Gasteiger partial charge in [0.25, 0.3) is 0 Å². The Morgan fingerprint density at radius 3 is 2.83 bits per heavy atom. The highest BCUT2D eigenvalue weighted by Gasteiger charge is 2.05. The van der Waals surface area contributed by atoms with Crippen molar-refractivity contribution < 1.29 is 0 Å². The van der Waals surface area contributed by atoms with Crippen molar-refractivity contribution in [3.05, 3.63) is 46.2 Å². The smallest absolute Gasteiger partial charge is 0.192 e. The summed E-state index contributed by atoms with van der Waals surface area (Å²) in [6.45, 7) is 2.83. The van der Waals surface area contributed by atoms with Gasteiger partial charge in [-0.05, 0) is 65.4 Å². The van der Waals surface area contributed by atoms with Crippen LogP contribution in [-0.4, -0.2) is 17.0 Å². The van der Waals surface area contributed by atoms with Gasteiger partial charge < -0.3 is 5.32 Å². The molecule has 0 saturated heterocycles. The van der Waals surface area contributed by atoms with Crippen molar-refractivity contribution in [2.45, 2.75) is 23.5 Å². The van der Waals surface area contributed by atoms with E-state index in [0.717, 1.165) is 26.8 Å². The van der Waals surface area contributed by atoms with Gasteiger partial charge in [0.2, 0.25) is 0 Å². The van der Waals surface area contributed by atoms with Gasteiger partial charge in [-0.1, -0.05) is 6.07 Å². The molecule has 0 aliphatic rings. The molecule has 0 bridgehead atoms. The van der Waals surface area contributed by atoms with Gasteiger partial charge in [0.1, 0.15) is 0 Å². The normalized spacial score (nSPS) is 10.6. The van der Waals surface area contributed by atoms with E-state index in [4.69, 9.17) is 0 Å². The molecule has 94 valence electrons. The molecule has 1 N–H and O–H groups in total. The van der Waals surface area contributed by atoms with Crippen LogP contribution in [0.3, 0.4) is 0 Å². The van der Waals surface area contributed by atoms with Gasteiger partial charge in [-0.25, -0.2) is 9.97 Å². The average molecular weight is 324 g/mol. The van der Waals surface area contributed by atoms with Crippen LogP contribution in [0.4, 0.5) is 0 Å². The van der Waals surface area contributed by atoms with E-state index in [9.17, 15) is 0 Å². The number of nitrogens with zero attached hydrogens (tertiary/aromatic N) is 2. The van der Waals surface area contributed by atoms with E-state index >= 15 is 0 Å². The first kappa shape index (κ1) is 13.5. The lowest BCUT2D eigenvalue weighted by Gasteiger charge is -2.06. The van der Waals surface area contributed by atoms with Crippen LogP contribution >= 0.6 is 27.7 Å². The van der Waals surface area contributed by atoms with Crippen LogP contribution in [-0.2, 0) is 6.54 Å². The molecular weight excluding hydrogens is 310 g/mol. The largest absolute Gasteiger partial charge is 0.316 e. The molecule has 0 radical (unpaired) electrons. The fourth-order valence-corrected chi connectivity index (χ4v) is 2.98. The predicted molar refractivity (Wildman–Crippen MR) is 77.8 cm³/mol. The van der Waals surface area contributed by atoms with E-state index in [1.54, 1.807) is 18.0 Å². The molecular formula is C13H14BrN3S. The molecule has 0 aliphatic carbocycles. The summed E-state index contributed by atoms with van der Waals surface area (Å²) < 4.78 is 1.07. The van der Waals surface area contributed by atoms with E-state index in [0.29, 0.717) is 0 Å². The van der Waals surface area contributed by atoms with Crippen LogP contribution in [0.25, 0.3) is 0 Å². The third kappa shape index (κ3) is 3.54. The molecule has 0 aliphatic heterocycles. The Bertz CT molecular complexity index is 546. The minimum atomic E-state index is 0.775. The second kappa shape index (κ2) is 6.31. The Hall–Kier alpha value is -0.910. The lowest BCUT2D eigenvalue weighted by molar-refractivity contribution is 0.816. The first-order valence-electron chi connectivity index (χ1n) is 5.59. The maximum absolute atomic E-state index is 4.39. The second-order valence-corrected chi connectivity index (χ2v) is 5.74. The van der Waals surface area contributed by atoms with Crippen molar-refractivity contribution in [3.63, 3.8) is 0 Å². The minimum absolute atomic E-state index is 0.775. The van der Waals surface area contributed by atoms with Crippen LogP contribution < -0.4 is 5.32 Å². The Kier molecular flexibility index (Phi) is 4.74. The van der Waals surface area contributed by atoms with E-state index in [1.165, 1.54) is 5.56 Å². The van der Waals surface area contributed by atoms with Crippen LogP contribution in [0.1, 0.15) is 11.3 Å². The predicted octanol–water partition coefficient (Wildman–Crippen LogP) is 3.42. The van der Waals surface area contributed by atoms with Crippen molar-refractivity contribution in [2.24, 2.45) is 0 Å². The molecule has 0 spiro atoms. The summed E-state index contributed by atoms with van der Waals surface area (Å²) in [4.78, 5) is 9.77. The monoisotopic (exact) mass is 323 g/mol. The van der Waals surface area contributed by atoms with E-state index < -0.39 is 0 Å². The topological polar surface area (TPSA) is 37.8 Å². The van der Waals surface area contributed by atoms with Gasteiger partial charge in [-0.15, -0.1) is 0 Å². The molecule has 3 nitrogen and oxygen atoms in total. The van der Waals surface area contributed by atoms with Crippen LogP contribution in [0.2, 0.25) is 0 Å². The number of aromatic nitrogens is 2. The third-order valence-corrected chi connectivity index (χ3v) is 4.22. The lowest BCUT2D eigenvalue weighted by Crippen LogP contribution is -2.04. The lowest BCUT2D eigenvalue weighted by atomic mass is 10.2. The molecule has 0 saturated carbocycles. The maximum atomic E-state index is 4.39. The van der Waals surface area contributed by atoms with Crippen LogP contribution in [0, 0.1) is 6.92 Å². The average Bonchev–Trinajstić information content (AvgIpc) is 2.33. The van der Waals surface area contributed by atoms with Crippen molar-refractivity contribution in [1.82, 2.24) is 15.3 Å². The first-order valence-corrected chi connectivity index (χ1v) is 7.20. The van der Waals surface area contributed by atoms with E-state index in [1.807, 2.05) is 20.0 Å². The molecule has 0 unspecified atom stereocenters. The minimum Gasteiger partial charge on any atom is -0.316 e. The summed E-state index contributed by atoms with van der Waals surface area (Å²) >= 11 is 5.15. The zero-order chi connectivity index (χ0) is 13.0. The molecule has 1 heterocycles. The second-order valence-electron chi connectivity index (χ2n) is 3.88. The molecule has 5 heteroatoms. The molecule has 18 heavy (non-hydrogen) atoms. The van der Waals surface area contributed by atoms with Crippen molar-refractivity contribution in [1.29, 1.82) is 0 Å². The Morgan fingerprint density at radius 1 is 1.33 bits per heavy atom. The number of halogens is 1. The molecule has 0 fully saturated rings. The summed E-state index contributed by atoms with van der Waals surface area (Å²) in [5, 5.41) is 3.91. The van der Waals surface area contributed by atoms with Crippen LogP contribution in [0.15, 0.2) is 45.0 Å². The molecule has 1 aromatic heterocycles. The molecule has 0 amide bonds. The number of benzene rings is 1. The number of rotatable bonds is 4. The Balaban J connectivity index is 2.19. The zero-order valence-corrected chi connectivity index (χ0v) is 12.7. The summed E-state index contributed by atoms with van der Waals surface area (Å²) in [6.07, 6.45) is 1.79. The van der Waals surface area contributed by atoms with E-state index in [2.05, 4.69) is 49.4 Å². The van der Waals surface area contributed by atoms with Crippen LogP contribution in [0.5, 0.6) is 0 Å². The number of hydrogen-bond acceptors (Lipinski definition) is 4. The molecule has 0 atom stereocenters. The fraction of sp³-hybridized carbons (Fsp3) is 0.231. The highest BCUT2D eigenvalue weighted by atomic mass is 79.9. The van der Waals surface area contributed by atoms with Gasteiger partial charge in [0.15, 0.2) is 5.16 Å². The zero-order valence-electron chi connectivity index (χ0n) is 10.3. The number of nitrogens with one attached hydrogen (secondary N) is 1. The summed E-state index contributed by atoms with van der Waals surface area (Å²) in [5.74, 6) is 0. The van der Waals surface area contributed by atoms with Gasteiger partial charge in [-0.3, -0.25) is 0 Å². The first-order chi connectivity index (χ1) is 8.69. The quantitative estimate of drug-likeness (QED) is 0.875. The van der Waals surface area contributed by atoms with Gasteiger partial charge in [0, 0.05) is 27.8 Å². The molecule has 2 rings (SSSR count). The third-order valence-electron chi connectivity index (χ3n) is 2.35. The number of aryl methyl sites for hydroxylation is 1. The standard InChI is InChI=1S/C13H14BrN3S/c1-9-5-6-16-13(17-9)18-12-4-3-10(8-15-2)7-11(12)14/h3-7,15H,8H2,1-2H3. The summed E-state index contributed by atoms with van der Waals surface area (Å²) in [5.41, 5.74) is 2.23. The SMILES string of the molecule is CNCc1ccc(Sc2nccc(C)n2)c(Br)c1. The van der Waals surface area contributed by atoms with Gasteiger partial charge >= 0.3 is 0 Å². The summed E-state index contributed by atoms with van der Waals surface area (Å²) in [6, 6.07) is 8.22. The summed E-state index contributed by atoms with van der Waals surface area (Å²) in [7, 11) is 1.94. The molecule has 2 aromatic rings. The highest BCUT2D eigenvalue weighted by Crippen LogP contribution is 2.32. The maximum Gasteiger partial charge on any atom is 0.192 e. The number of hydrogen-bond donors (Lipinski definition) is 1. The fourth-order valence-electron chi connectivity index (χ4n) is 1.51. The molecule has 1 aromatic carbocycles. The van der Waals surface area contributed by atoms with Crippen molar-refractivity contribution in [2.75, 3.05) is 7.05 Å². The van der Waals surface area contributed by atoms with Crippen molar-refractivity contribution in [3.8, 4) is 0 Å².